The van der Waals surface area contributed by atoms with Crippen LogP contribution in [0.1, 0.15) is 36.8 Å². The summed E-state index contributed by atoms with van der Waals surface area (Å²) in [6.07, 6.45) is 24.8. The number of allylic oxidation sites excluding steroid dienone is 10. The Balaban J connectivity index is 1.18. The summed E-state index contributed by atoms with van der Waals surface area (Å²) in [6, 6.07) is 30.4. The predicted octanol–water partition coefficient (Wildman–Crippen LogP) is 8.66. The number of nitrogens with zero attached hydrogens (tertiary/aromatic N) is 2. The second-order valence-electron chi connectivity index (χ2n) is 12.2. The molecule has 0 saturated heterocycles. The van der Waals surface area contributed by atoms with Crippen LogP contribution in [-0.2, 0) is 5.41 Å². The average molecular weight is 558 g/mol. The summed E-state index contributed by atoms with van der Waals surface area (Å²) in [5.74, 6) is 2.50. The van der Waals surface area contributed by atoms with E-state index in [4.69, 9.17) is 9.98 Å². The van der Waals surface area contributed by atoms with Gasteiger partial charge in [0.25, 0.3) is 0 Å². The van der Waals surface area contributed by atoms with Crippen molar-refractivity contribution in [2.75, 3.05) is 0 Å². The van der Waals surface area contributed by atoms with E-state index in [0.29, 0.717) is 5.92 Å². The Morgan fingerprint density at radius 1 is 0.698 bits per heavy atom. The smallest absolute Gasteiger partial charge is 0.150 e. The number of aliphatic imine (C=N–C) groups is 2. The second-order valence-corrected chi connectivity index (χ2v) is 12.2. The third-order valence-corrected chi connectivity index (χ3v) is 9.44. The molecular formula is C40H35N3. The SMILES string of the molecule is C1=CCC(C2N=C(C3=CC(C4=CCCC=C4)=C[C@]4(c5ccccc5)CC34)NC(c3ccc(-c4ccccc4)cc3)=N2)C=C1. The van der Waals surface area contributed by atoms with Gasteiger partial charge in [0.2, 0.25) is 0 Å². The van der Waals surface area contributed by atoms with E-state index in [2.05, 4.69) is 145 Å². The maximum absolute atomic E-state index is 5.35. The minimum atomic E-state index is -0.171. The fourth-order valence-electron chi connectivity index (χ4n) is 7.02. The molecule has 3 unspecified atom stereocenters. The lowest BCUT2D eigenvalue weighted by Crippen LogP contribution is -2.41. The van der Waals surface area contributed by atoms with Crippen molar-refractivity contribution in [3.05, 3.63) is 167 Å². The Morgan fingerprint density at radius 2 is 1.44 bits per heavy atom. The summed E-state index contributed by atoms with van der Waals surface area (Å²) < 4.78 is 0. The lowest BCUT2D eigenvalue weighted by atomic mass is 9.81. The van der Waals surface area contributed by atoms with Crippen LogP contribution < -0.4 is 5.32 Å². The maximum atomic E-state index is 5.35. The molecular weight excluding hydrogens is 522 g/mol. The molecule has 1 saturated carbocycles. The molecule has 1 fully saturated rings. The summed E-state index contributed by atoms with van der Waals surface area (Å²) in [6.45, 7) is 0. The Bertz CT molecular complexity index is 1780. The normalized spacial score (nSPS) is 27.2. The maximum Gasteiger partial charge on any atom is 0.150 e. The number of benzene rings is 3. The molecule has 210 valence electrons. The molecule has 0 amide bonds. The van der Waals surface area contributed by atoms with Crippen molar-refractivity contribution in [2.45, 2.75) is 37.3 Å². The molecule has 3 heteroatoms. The minimum Gasteiger partial charge on any atom is -0.325 e. The van der Waals surface area contributed by atoms with E-state index in [1.54, 1.807) is 0 Å². The first-order chi connectivity index (χ1) is 21.3. The van der Waals surface area contributed by atoms with Crippen LogP contribution >= 0.6 is 0 Å². The monoisotopic (exact) mass is 557 g/mol. The third kappa shape index (κ3) is 4.89. The molecule has 3 nitrogen and oxygen atoms in total. The molecule has 1 N–H and O–H groups in total. The van der Waals surface area contributed by atoms with Gasteiger partial charge in [-0.1, -0.05) is 134 Å². The van der Waals surface area contributed by atoms with Crippen LogP contribution in [0, 0.1) is 11.8 Å². The molecule has 0 aromatic heterocycles. The number of hydrogen-bond donors (Lipinski definition) is 1. The number of hydrogen-bond acceptors (Lipinski definition) is 3. The number of nitrogens with one attached hydrogen (secondary N) is 1. The Labute approximate surface area is 254 Å². The summed E-state index contributed by atoms with van der Waals surface area (Å²) in [4.78, 5) is 10.6. The summed E-state index contributed by atoms with van der Waals surface area (Å²) in [5, 5.41) is 3.74. The van der Waals surface area contributed by atoms with Gasteiger partial charge in [-0.25, -0.2) is 9.98 Å². The molecule has 5 aliphatic rings. The van der Waals surface area contributed by atoms with Crippen LogP contribution in [0.25, 0.3) is 11.1 Å². The number of amidine groups is 2. The van der Waals surface area contributed by atoms with Crippen molar-refractivity contribution in [1.82, 2.24) is 5.32 Å². The zero-order valence-electron chi connectivity index (χ0n) is 24.2. The van der Waals surface area contributed by atoms with Crippen molar-refractivity contribution in [3.63, 3.8) is 0 Å². The van der Waals surface area contributed by atoms with Gasteiger partial charge in [-0.3, -0.25) is 0 Å². The van der Waals surface area contributed by atoms with E-state index in [9.17, 15) is 0 Å². The largest absolute Gasteiger partial charge is 0.325 e. The first-order valence-corrected chi connectivity index (χ1v) is 15.6. The molecule has 0 radical (unpaired) electrons. The van der Waals surface area contributed by atoms with E-state index in [0.717, 1.165) is 42.9 Å². The van der Waals surface area contributed by atoms with Crippen molar-refractivity contribution < 1.29 is 0 Å². The standard InChI is InChI=1S/C40H35N3/c1-5-13-28(14-6-1)30-21-23-32(24-22-30)38-41-37(31-17-9-3-10-18-31)42-39(43-38)35-25-33(29-15-7-2-8-16-29)26-40(27-36(35)40)34-19-11-4-12-20-34/h1,3-7,9-17,19-26,31,36-37H,2,8,18,27H2,(H,41,42,43)/t31?,36?,37?,40-/m1/s1. The molecule has 1 heterocycles. The predicted molar refractivity (Wildman–Crippen MR) is 178 cm³/mol. The molecule has 4 aliphatic carbocycles. The van der Waals surface area contributed by atoms with Crippen molar-refractivity contribution in [1.29, 1.82) is 0 Å². The van der Waals surface area contributed by atoms with E-state index in [1.165, 1.54) is 33.4 Å². The van der Waals surface area contributed by atoms with Gasteiger partial charge in [-0.2, -0.15) is 0 Å². The van der Waals surface area contributed by atoms with Crippen LogP contribution in [0.3, 0.4) is 0 Å². The number of rotatable bonds is 6. The van der Waals surface area contributed by atoms with Gasteiger partial charge in [0, 0.05) is 22.8 Å². The van der Waals surface area contributed by atoms with Crippen molar-refractivity contribution in [3.8, 4) is 11.1 Å². The highest BCUT2D eigenvalue weighted by atomic mass is 15.2. The molecule has 8 rings (SSSR count). The minimum absolute atomic E-state index is 0.00602. The fourth-order valence-corrected chi connectivity index (χ4v) is 7.02. The number of fused-ring (bicyclic) bond motifs is 1. The average Bonchev–Trinajstić information content (AvgIpc) is 3.86. The van der Waals surface area contributed by atoms with Crippen LogP contribution in [0.4, 0.5) is 0 Å². The van der Waals surface area contributed by atoms with Crippen LogP contribution in [0.15, 0.2) is 166 Å². The summed E-state index contributed by atoms with van der Waals surface area (Å²) in [7, 11) is 0. The second kappa shape index (κ2) is 10.8. The Hall–Kier alpha value is -4.76. The Morgan fingerprint density at radius 3 is 2.19 bits per heavy atom. The highest BCUT2D eigenvalue weighted by Crippen LogP contribution is 2.62. The first-order valence-electron chi connectivity index (χ1n) is 15.6. The van der Waals surface area contributed by atoms with E-state index < -0.39 is 0 Å². The van der Waals surface area contributed by atoms with E-state index >= 15 is 0 Å². The topological polar surface area (TPSA) is 36.8 Å². The van der Waals surface area contributed by atoms with Crippen LogP contribution in [-0.4, -0.2) is 17.8 Å². The van der Waals surface area contributed by atoms with Crippen molar-refractivity contribution >= 4 is 11.7 Å². The van der Waals surface area contributed by atoms with Gasteiger partial charge >= 0.3 is 0 Å². The van der Waals surface area contributed by atoms with E-state index in [-0.39, 0.29) is 17.5 Å². The fraction of sp³-hybridized carbons (Fsp3) is 0.200. The van der Waals surface area contributed by atoms with Gasteiger partial charge in [0.15, 0.2) is 6.17 Å². The summed E-state index contributed by atoms with van der Waals surface area (Å²) in [5.41, 5.74) is 8.84. The van der Waals surface area contributed by atoms with Gasteiger partial charge in [0.1, 0.15) is 11.7 Å². The zero-order chi connectivity index (χ0) is 28.6. The lowest BCUT2D eigenvalue weighted by Gasteiger charge is -2.29. The molecule has 3 aromatic rings. The molecule has 4 atom stereocenters. The summed E-state index contributed by atoms with van der Waals surface area (Å²) >= 11 is 0. The van der Waals surface area contributed by atoms with E-state index in [1.807, 2.05) is 0 Å². The lowest BCUT2D eigenvalue weighted by molar-refractivity contribution is 0.516. The molecule has 3 aromatic carbocycles. The Kier molecular flexibility index (Phi) is 6.52. The van der Waals surface area contributed by atoms with Gasteiger partial charge in [-0.05, 0) is 65.2 Å². The molecule has 1 aliphatic heterocycles. The van der Waals surface area contributed by atoms with Crippen LogP contribution in [0.5, 0.6) is 0 Å². The van der Waals surface area contributed by atoms with Gasteiger partial charge < -0.3 is 5.32 Å². The molecule has 0 bridgehead atoms. The zero-order valence-corrected chi connectivity index (χ0v) is 24.2. The first kappa shape index (κ1) is 25.9. The highest BCUT2D eigenvalue weighted by Gasteiger charge is 2.58. The molecule has 43 heavy (non-hydrogen) atoms. The third-order valence-electron chi connectivity index (χ3n) is 9.44. The highest BCUT2D eigenvalue weighted by molar-refractivity contribution is 6.16. The van der Waals surface area contributed by atoms with Crippen LogP contribution in [0.2, 0.25) is 0 Å². The van der Waals surface area contributed by atoms with Crippen molar-refractivity contribution in [2.24, 2.45) is 21.8 Å². The molecule has 0 spiro atoms. The van der Waals surface area contributed by atoms with Gasteiger partial charge in [-0.15, -0.1) is 0 Å². The van der Waals surface area contributed by atoms with Gasteiger partial charge in [0.05, 0.1) is 0 Å². The quantitative estimate of drug-likeness (QED) is 0.323.